The highest BCUT2D eigenvalue weighted by molar-refractivity contribution is 6.22. The first-order chi connectivity index (χ1) is 9.55. The van der Waals surface area contributed by atoms with Gasteiger partial charge in [0.25, 0.3) is 0 Å². The topological polar surface area (TPSA) is 69.9 Å². The van der Waals surface area contributed by atoms with E-state index in [2.05, 4.69) is 12.3 Å². The molecule has 0 radical (unpaired) electrons. The molecule has 118 valence electrons. The summed E-state index contributed by atoms with van der Waals surface area (Å²) < 4.78 is 5.80. The maximum absolute atomic E-state index is 10.8. The zero-order valence-corrected chi connectivity index (χ0v) is 13.4. The second-order valence-corrected chi connectivity index (χ2v) is 7.14. The van der Waals surface area contributed by atoms with Gasteiger partial charge in [0.1, 0.15) is 11.7 Å². The lowest BCUT2D eigenvalue weighted by molar-refractivity contribution is -0.108. The van der Waals surface area contributed by atoms with E-state index in [1.54, 1.807) is 19.9 Å². The third-order valence-corrected chi connectivity index (χ3v) is 4.82. The fraction of sp³-hybridized carbons (Fsp3) is 0.688. The van der Waals surface area contributed by atoms with Crippen molar-refractivity contribution in [1.82, 2.24) is 0 Å². The normalized spacial score (nSPS) is 39.7. The maximum atomic E-state index is 10.8. The number of allylic oxidation sites excluding steroid dienone is 1. The molecule has 21 heavy (non-hydrogen) atoms. The average Bonchev–Trinajstić information content (AvgIpc) is 2.70. The van der Waals surface area contributed by atoms with Gasteiger partial charge >= 0.3 is 0 Å². The van der Waals surface area contributed by atoms with Crippen LogP contribution in [-0.2, 0) is 4.74 Å². The van der Waals surface area contributed by atoms with Crippen molar-refractivity contribution < 1.29 is 20.1 Å². The summed E-state index contributed by atoms with van der Waals surface area (Å²) >= 11 is 6.28. The van der Waals surface area contributed by atoms with E-state index in [0.717, 1.165) is 5.57 Å². The molecule has 5 atom stereocenters. The Morgan fingerprint density at radius 3 is 2.71 bits per heavy atom. The van der Waals surface area contributed by atoms with Gasteiger partial charge in [0, 0.05) is 18.4 Å². The van der Waals surface area contributed by atoms with Gasteiger partial charge in [0.15, 0.2) is 0 Å². The van der Waals surface area contributed by atoms with Crippen LogP contribution >= 0.6 is 11.6 Å². The number of alkyl halides is 1. The fourth-order valence-corrected chi connectivity index (χ4v) is 3.24. The summed E-state index contributed by atoms with van der Waals surface area (Å²) in [6.07, 6.45) is 0.134. The first-order valence-electron chi connectivity index (χ1n) is 7.09. The van der Waals surface area contributed by atoms with E-state index in [0.29, 0.717) is 12.0 Å². The highest BCUT2D eigenvalue weighted by Crippen LogP contribution is 2.47. The Hall–Kier alpha value is -0.610. The van der Waals surface area contributed by atoms with E-state index >= 15 is 0 Å². The first kappa shape index (κ1) is 16.8. The summed E-state index contributed by atoms with van der Waals surface area (Å²) in [6, 6.07) is 0. The molecule has 1 heterocycles. The number of hydrogen-bond donors (Lipinski definition) is 3. The molecule has 1 saturated carbocycles. The van der Waals surface area contributed by atoms with Crippen LogP contribution in [0.3, 0.4) is 0 Å². The van der Waals surface area contributed by atoms with Crippen LogP contribution in [0.2, 0.25) is 0 Å². The summed E-state index contributed by atoms with van der Waals surface area (Å²) in [5.74, 6) is 0. The molecule has 2 rings (SSSR count). The smallest absolute Gasteiger partial charge is 0.113 e. The number of hydrogen-bond acceptors (Lipinski definition) is 4. The lowest BCUT2D eigenvalue weighted by atomic mass is 9.75. The highest BCUT2D eigenvalue weighted by Gasteiger charge is 2.59. The Morgan fingerprint density at radius 2 is 2.19 bits per heavy atom. The summed E-state index contributed by atoms with van der Waals surface area (Å²) in [5.41, 5.74) is 1.96. The van der Waals surface area contributed by atoms with E-state index in [1.165, 1.54) is 0 Å². The molecule has 4 nitrogen and oxygen atoms in total. The van der Waals surface area contributed by atoms with Crippen molar-refractivity contribution in [2.24, 2.45) is 0 Å². The molecule has 0 aromatic heterocycles. The van der Waals surface area contributed by atoms with Crippen LogP contribution in [-0.4, -0.2) is 50.2 Å². The van der Waals surface area contributed by atoms with Gasteiger partial charge in [0.05, 0.1) is 23.2 Å². The van der Waals surface area contributed by atoms with Crippen molar-refractivity contribution in [3.8, 4) is 0 Å². The molecule has 0 aromatic carbocycles. The average molecular weight is 315 g/mol. The van der Waals surface area contributed by atoms with Crippen LogP contribution < -0.4 is 0 Å². The number of rotatable bonds is 2. The van der Waals surface area contributed by atoms with Crippen molar-refractivity contribution in [2.45, 2.75) is 68.5 Å². The molecular weight excluding hydrogens is 292 g/mol. The Morgan fingerprint density at radius 1 is 1.57 bits per heavy atom. The number of aliphatic hydroxyl groups is 3. The number of fused-ring (bicyclic) bond motifs is 1. The summed E-state index contributed by atoms with van der Waals surface area (Å²) in [7, 11) is 0. The molecule has 1 aliphatic heterocycles. The first-order valence-corrected chi connectivity index (χ1v) is 7.52. The van der Waals surface area contributed by atoms with E-state index in [9.17, 15) is 15.3 Å². The molecule has 5 heteroatoms. The van der Waals surface area contributed by atoms with E-state index in [-0.39, 0.29) is 6.42 Å². The molecule has 3 N–H and O–H groups in total. The van der Waals surface area contributed by atoms with Crippen molar-refractivity contribution in [2.75, 3.05) is 0 Å². The standard InChI is InChI=1S/C16H23ClO4/c1-9(2)5-6-10-7-11-16(20,14(17)13(10)18)8-12(21-11)15(3,4)19/h5,11-14,18-20H,1,7-8H2,2-4H3. The van der Waals surface area contributed by atoms with Crippen LogP contribution in [0.1, 0.15) is 33.6 Å². The third kappa shape index (κ3) is 3.11. The van der Waals surface area contributed by atoms with E-state index in [4.69, 9.17) is 16.3 Å². The SMILES string of the molecule is C=C(C)C=C=C1CC2OC(C(C)(C)O)CC2(O)C(Cl)C1O. The van der Waals surface area contributed by atoms with Gasteiger partial charge in [-0.1, -0.05) is 12.2 Å². The van der Waals surface area contributed by atoms with Crippen LogP contribution in [0.5, 0.6) is 0 Å². The molecule has 0 spiro atoms. The van der Waals surface area contributed by atoms with Gasteiger partial charge in [-0.2, -0.15) is 0 Å². The Bertz CT molecular complexity index is 501. The Labute approximate surface area is 130 Å². The Kier molecular flexibility index (Phi) is 4.42. The van der Waals surface area contributed by atoms with E-state index in [1.807, 2.05) is 6.92 Å². The molecule has 5 unspecified atom stereocenters. The minimum absolute atomic E-state index is 0.198. The van der Waals surface area contributed by atoms with Crippen molar-refractivity contribution in [1.29, 1.82) is 0 Å². The van der Waals surface area contributed by atoms with Crippen LogP contribution in [0, 0.1) is 0 Å². The van der Waals surface area contributed by atoms with Gasteiger partial charge in [-0.15, -0.1) is 17.3 Å². The monoisotopic (exact) mass is 314 g/mol. The molecule has 0 amide bonds. The molecule has 0 bridgehead atoms. The van der Waals surface area contributed by atoms with Crippen molar-refractivity contribution >= 4 is 11.6 Å². The van der Waals surface area contributed by atoms with Crippen LogP contribution in [0.4, 0.5) is 0 Å². The minimum atomic E-state index is -1.35. The molecule has 1 aliphatic carbocycles. The fourth-order valence-electron chi connectivity index (χ4n) is 2.85. The molecule has 1 saturated heterocycles. The Balaban J connectivity index is 2.32. The van der Waals surface area contributed by atoms with Gasteiger partial charge in [0.2, 0.25) is 0 Å². The van der Waals surface area contributed by atoms with Crippen LogP contribution in [0.25, 0.3) is 0 Å². The molecule has 2 fully saturated rings. The lowest BCUT2D eigenvalue weighted by Crippen LogP contribution is -2.56. The van der Waals surface area contributed by atoms with Crippen LogP contribution in [0.15, 0.2) is 29.5 Å². The lowest BCUT2D eigenvalue weighted by Gasteiger charge is -2.40. The summed E-state index contributed by atoms with van der Waals surface area (Å²) in [5, 5.41) is 30.3. The molecule has 2 aliphatic rings. The second kappa shape index (κ2) is 5.54. The number of ether oxygens (including phenoxy) is 1. The van der Waals surface area contributed by atoms with E-state index < -0.39 is 34.9 Å². The summed E-state index contributed by atoms with van der Waals surface area (Å²) in [6.45, 7) is 8.84. The molecule has 0 aromatic rings. The second-order valence-electron chi connectivity index (χ2n) is 6.67. The predicted molar refractivity (Wildman–Crippen MR) is 81.2 cm³/mol. The number of halogens is 1. The quantitative estimate of drug-likeness (QED) is 0.412. The minimum Gasteiger partial charge on any atom is -0.388 e. The zero-order valence-electron chi connectivity index (χ0n) is 12.6. The third-order valence-electron chi connectivity index (χ3n) is 4.21. The largest absolute Gasteiger partial charge is 0.388 e. The maximum Gasteiger partial charge on any atom is 0.113 e. The van der Waals surface area contributed by atoms with Gasteiger partial charge in [-0.3, -0.25) is 0 Å². The van der Waals surface area contributed by atoms with Gasteiger partial charge in [-0.25, -0.2) is 0 Å². The number of aliphatic hydroxyl groups excluding tert-OH is 1. The van der Waals surface area contributed by atoms with Gasteiger partial charge in [-0.05, 0) is 26.8 Å². The highest BCUT2D eigenvalue weighted by atomic mass is 35.5. The predicted octanol–water partition coefficient (Wildman–Crippen LogP) is 1.68. The van der Waals surface area contributed by atoms with Gasteiger partial charge < -0.3 is 20.1 Å². The summed E-state index contributed by atoms with van der Waals surface area (Å²) in [4.78, 5) is 0. The zero-order chi connectivity index (χ0) is 16.0. The van der Waals surface area contributed by atoms with Crippen molar-refractivity contribution in [3.63, 3.8) is 0 Å². The van der Waals surface area contributed by atoms with Crippen molar-refractivity contribution in [3.05, 3.63) is 29.5 Å². The molecular formula is C16H23ClO4.